The highest BCUT2D eigenvalue weighted by atomic mass is 16.3. The summed E-state index contributed by atoms with van der Waals surface area (Å²) in [6.07, 6.45) is 4.77. The summed E-state index contributed by atoms with van der Waals surface area (Å²) >= 11 is 0. The largest absolute Gasteiger partial charge is 0.395 e. The Bertz CT molecular complexity index is 133. The third-order valence-electron chi connectivity index (χ3n) is 2.73. The van der Waals surface area contributed by atoms with Gasteiger partial charge in [-0.25, -0.2) is 0 Å². The Morgan fingerprint density at radius 3 is 2.46 bits per heavy atom. The number of aliphatic hydroxyl groups is 2. The van der Waals surface area contributed by atoms with Gasteiger partial charge in [-0.2, -0.15) is 0 Å². The van der Waals surface area contributed by atoms with Gasteiger partial charge in [0.25, 0.3) is 0 Å². The van der Waals surface area contributed by atoms with Gasteiger partial charge in [-0.1, -0.05) is 12.8 Å². The normalized spacial score (nSPS) is 21.2. The molecule has 3 nitrogen and oxygen atoms in total. The summed E-state index contributed by atoms with van der Waals surface area (Å²) in [5, 5.41) is 18.2. The summed E-state index contributed by atoms with van der Waals surface area (Å²) in [7, 11) is 0. The second-order valence-electron chi connectivity index (χ2n) is 4.01. The highest BCUT2D eigenvalue weighted by molar-refractivity contribution is 4.78. The van der Waals surface area contributed by atoms with Crippen LogP contribution >= 0.6 is 0 Å². The highest BCUT2D eigenvalue weighted by Crippen LogP contribution is 2.23. The number of aliphatic hydroxyl groups excluding tert-OH is 2. The maximum absolute atomic E-state index is 9.29. The molecule has 0 bridgehead atoms. The van der Waals surface area contributed by atoms with E-state index in [1.807, 2.05) is 0 Å². The van der Waals surface area contributed by atoms with Crippen LogP contribution in [0.25, 0.3) is 0 Å². The Kier molecular flexibility index (Phi) is 4.70. The minimum absolute atomic E-state index is 0.198. The first-order valence-electron chi connectivity index (χ1n) is 5.27. The highest BCUT2D eigenvalue weighted by Gasteiger charge is 2.22. The van der Waals surface area contributed by atoms with Gasteiger partial charge < -0.3 is 10.2 Å². The fraction of sp³-hybridized carbons (Fsp3) is 1.00. The van der Waals surface area contributed by atoms with E-state index >= 15 is 0 Å². The lowest BCUT2D eigenvalue weighted by atomic mass is 10.2. The summed E-state index contributed by atoms with van der Waals surface area (Å²) in [5.74, 6) is 0. The zero-order valence-electron chi connectivity index (χ0n) is 8.45. The lowest BCUT2D eigenvalue weighted by Crippen LogP contribution is -2.40. The monoisotopic (exact) mass is 187 g/mol. The summed E-state index contributed by atoms with van der Waals surface area (Å²) in [6.45, 7) is 3.41. The van der Waals surface area contributed by atoms with Crippen LogP contribution < -0.4 is 0 Å². The molecule has 0 radical (unpaired) electrons. The molecule has 1 saturated carbocycles. The zero-order valence-corrected chi connectivity index (χ0v) is 8.45. The first kappa shape index (κ1) is 11.0. The van der Waals surface area contributed by atoms with Crippen molar-refractivity contribution in [2.45, 2.75) is 44.8 Å². The van der Waals surface area contributed by atoms with Gasteiger partial charge in [-0.05, 0) is 19.8 Å². The zero-order chi connectivity index (χ0) is 9.68. The summed E-state index contributed by atoms with van der Waals surface area (Å²) < 4.78 is 0. The van der Waals surface area contributed by atoms with Crippen LogP contribution in [0.3, 0.4) is 0 Å². The topological polar surface area (TPSA) is 43.7 Å². The van der Waals surface area contributed by atoms with Crippen LogP contribution in [0.5, 0.6) is 0 Å². The average Bonchev–Trinajstić information content (AvgIpc) is 2.54. The van der Waals surface area contributed by atoms with Gasteiger partial charge in [0.15, 0.2) is 0 Å². The summed E-state index contributed by atoms with van der Waals surface area (Å²) in [6, 6.07) is 0.599. The molecular weight excluding hydrogens is 166 g/mol. The quantitative estimate of drug-likeness (QED) is 0.662. The number of nitrogens with zero attached hydrogens (tertiary/aromatic N) is 1. The maximum Gasteiger partial charge on any atom is 0.0639 e. The summed E-state index contributed by atoms with van der Waals surface area (Å²) in [4.78, 5) is 2.22. The third kappa shape index (κ3) is 3.63. The Morgan fingerprint density at radius 1 is 1.38 bits per heavy atom. The van der Waals surface area contributed by atoms with Gasteiger partial charge in [0.2, 0.25) is 0 Å². The van der Waals surface area contributed by atoms with Crippen LogP contribution in [0, 0.1) is 0 Å². The van der Waals surface area contributed by atoms with E-state index in [1.165, 1.54) is 25.7 Å². The lowest BCUT2D eigenvalue weighted by molar-refractivity contribution is 0.0837. The molecule has 0 aliphatic heterocycles. The molecule has 1 rings (SSSR count). The minimum Gasteiger partial charge on any atom is -0.395 e. The van der Waals surface area contributed by atoms with Crippen LogP contribution in [0.2, 0.25) is 0 Å². The van der Waals surface area contributed by atoms with Crippen molar-refractivity contribution in [3.8, 4) is 0 Å². The standard InChI is InChI=1S/C10H21NO2/c1-9(13)8-11(6-7-12)10-4-2-3-5-10/h9-10,12-13H,2-8H2,1H3/t9-/m0/s1. The maximum atomic E-state index is 9.29. The molecule has 0 aromatic carbocycles. The molecule has 1 atom stereocenters. The van der Waals surface area contributed by atoms with Gasteiger partial charge in [0.1, 0.15) is 0 Å². The van der Waals surface area contributed by atoms with Gasteiger partial charge in [0.05, 0.1) is 12.7 Å². The molecule has 78 valence electrons. The average molecular weight is 187 g/mol. The van der Waals surface area contributed by atoms with Crippen molar-refractivity contribution in [3.63, 3.8) is 0 Å². The molecule has 0 saturated heterocycles. The predicted molar refractivity (Wildman–Crippen MR) is 52.6 cm³/mol. The fourth-order valence-corrected chi connectivity index (χ4v) is 2.16. The number of hydrogen-bond acceptors (Lipinski definition) is 3. The van der Waals surface area contributed by atoms with Crippen LogP contribution in [0.4, 0.5) is 0 Å². The Labute approximate surface area is 80.4 Å². The molecule has 0 heterocycles. The molecule has 0 spiro atoms. The molecule has 1 aliphatic rings. The van der Waals surface area contributed by atoms with Crippen molar-refractivity contribution in [1.29, 1.82) is 0 Å². The first-order chi connectivity index (χ1) is 6.24. The van der Waals surface area contributed by atoms with Crippen molar-refractivity contribution >= 4 is 0 Å². The molecule has 2 N–H and O–H groups in total. The minimum atomic E-state index is -0.285. The Balaban J connectivity index is 2.35. The number of hydrogen-bond donors (Lipinski definition) is 2. The first-order valence-corrected chi connectivity index (χ1v) is 5.27. The summed E-state index contributed by atoms with van der Waals surface area (Å²) in [5.41, 5.74) is 0. The van der Waals surface area contributed by atoms with Crippen LogP contribution in [0.15, 0.2) is 0 Å². The van der Waals surface area contributed by atoms with Gasteiger partial charge in [-0.15, -0.1) is 0 Å². The molecular formula is C10H21NO2. The van der Waals surface area contributed by atoms with Gasteiger partial charge in [0, 0.05) is 19.1 Å². The molecule has 0 unspecified atom stereocenters. The smallest absolute Gasteiger partial charge is 0.0639 e. The second-order valence-corrected chi connectivity index (χ2v) is 4.01. The Morgan fingerprint density at radius 2 is 2.00 bits per heavy atom. The van der Waals surface area contributed by atoms with Crippen molar-refractivity contribution in [1.82, 2.24) is 4.90 Å². The van der Waals surface area contributed by atoms with Crippen LogP contribution in [0.1, 0.15) is 32.6 Å². The number of rotatable bonds is 5. The van der Waals surface area contributed by atoms with Crippen molar-refractivity contribution < 1.29 is 10.2 Å². The van der Waals surface area contributed by atoms with E-state index in [0.29, 0.717) is 19.1 Å². The van der Waals surface area contributed by atoms with Crippen molar-refractivity contribution in [2.24, 2.45) is 0 Å². The molecule has 1 aliphatic carbocycles. The van der Waals surface area contributed by atoms with E-state index in [-0.39, 0.29) is 12.7 Å². The van der Waals surface area contributed by atoms with E-state index in [1.54, 1.807) is 6.92 Å². The van der Waals surface area contributed by atoms with E-state index in [9.17, 15) is 5.11 Å². The van der Waals surface area contributed by atoms with Crippen LogP contribution in [-0.2, 0) is 0 Å². The van der Waals surface area contributed by atoms with E-state index < -0.39 is 0 Å². The fourth-order valence-electron chi connectivity index (χ4n) is 2.16. The van der Waals surface area contributed by atoms with Gasteiger partial charge >= 0.3 is 0 Å². The molecule has 1 fully saturated rings. The van der Waals surface area contributed by atoms with E-state index in [0.717, 1.165) is 0 Å². The third-order valence-corrected chi connectivity index (χ3v) is 2.73. The van der Waals surface area contributed by atoms with E-state index in [4.69, 9.17) is 5.11 Å². The SMILES string of the molecule is C[C@H](O)CN(CCO)C1CCCC1. The van der Waals surface area contributed by atoms with Gasteiger partial charge in [-0.3, -0.25) is 4.90 Å². The van der Waals surface area contributed by atoms with Crippen molar-refractivity contribution in [2.75, 3.05) is 19.7 Å². The molecule has 3 heteroatoms. The van der Waals surface area contributed by atoms with E-state index in [2.05, 4.69) is 4.90 Å². The molecule has 0 aromatic rings. The lowest BCUT2D eigenvalue weighted by Gasteiger charge is -2.29. The predicted octanol–water partition coefficient (Wildman–Crippen LogP) is 0.604. The molecule has 0 amide bonds. The van der Waals surface area contributed by atoms with Crippen LogP contribution in [-0.4, -0.2) is 47.0 Å². The molecule has 0 aromatic heterocycles. The second kappa shape index (κ2) is 5.58. The van der Waals surface area contributed by atoms with Crippen molar-refractivity contribution in [3.05, 3.63) is 0 Å². The molecule has 13 heavy (non-hydrogen) atoms. The Hall–Kier alpha value is -0.120.